The average Bonchev–Trinajstić information content (AvgIpc) is 3.67. The number of carbonyl (C=O) groups is 2. The molecule has 0 N–H and O–H groups in total. The van der Waals surface area contributed by atoms with Crippen LogP contribution in [0.4, 0.5) is 0 Å². The van der Waals surface area contributed by atoms with Gasteiger partial charge in [-0.15, -0.1) is 0 Å². The SMILES string of the molecule is COc1ccc([C@H]2O[C@@H](C(=O)N3[C@H]4C[C@@H]5CC[C@@]4(CS3(=O)=O)C5(C)C)[C@H](c3ccccc3)N2C(=O)c2ccccc2)cc1. The lowest BCUT2D eigenvalue weighted by Gasteiger charge is -2.37. The zero-order chi connectivity index (χ0) is 30.1. The molecule has 3 aromatic rings. The lowest BCUT2D eigenvalue weighted by Crippen LogP contribution is -2.49. The standard InChI is InChI=1S/C34H36N2O6S/c1-33(2)25-18-19-34(33)21-43(39,40)36(27(34)20-25)31(38)29-28(22-10-6-4-7-11-22)35(30(37)23-12-8-5-9-13-23)32(42-29)24-14-16-26(41-3)17-15-24/h4-17,25,27-29,32H,18-21H2,1-3H3/t25-,27-,28-,29+,32+,34-/m0/s1. The van der Waals surface area contributed by atoms with Crippen molar-refractivity contribution in [3.8, 4) is 5.75 Å². The van der Waals surface area contributed by atoms with Gasteiger partial charge in [0.2, 0.25) is 10.0 Å². The zero-order valence-electron chi connectivity index (χ0n) is 24.6. The Labute approximate surface area is 252 Å². The second kappa shape index (κ2) is 9.92. The van der Waals surface area contributed by atoms with Crippen molar-refractivity contribution in [2.24, 2.45) is 16.7 Å². The normalized spacial score (nSPS) is 31.7. The predicted octanol–water partition coefficient (Wildman–Crippen LogP) is 5.34. The zero-order valence-corrected chi connectivity index (χ0v) is 25.4. The summed E-state index contributed by atoms with van der Waals surface area (Å²) in [6.45, 7) is 4.32. The van der Waals surface area contributed by atoms with E-state index >= 15 is 0 Å². The Morgan fingerprint density at radius 1 is 0.907 bits per heavy atom. The van der Waals surface area contributed by atoms with Crippen molar-refractivity contribution < 1.29 is 27.5 Å². The Morgan fingerprint density at radius 2 is 1.56 bits per heavy atom. The van der Waals surface area contributed by atoms with E-state index in [2.05, 4.69) is 13.8 Å². The van der Waals surface area contributed by atoms with Crippen molar-refractivity contribution in [1.82, 2.24) is 9.21 Å². The first-order valence-corrected chi connectivity index (χ1v) is 16.5. The molecule has 2 aliphatic carbocycles. The minimum atomic E-state index is -3.90. The molecule has 2 saturated heterocycles. The van der Waals surface area contributed by atoms with Crippen LogP contribution in [0.15, 0.2) is 84.9 Å². The number of carbonyl (C=O) groups excluding carboxylic acids is 2. The number of fused-ring (bicyclic) bond motifs is 1. The summed E-state index contributed by atoms with van der Waals surface area (Å²) in [6.07, 6.45) is 0.267. The Kier molecular flexibility index (Phi) is 6.48. The van der Waals surface area contributed by atoms with Crippen LogP contribution in [0.2, 0.25) is 0 Å². The number of benzene rings is 3. The number of amides is 2. The van der Waals surface area contributed by atoms with Gasteiger partial charge < -0.3 is 9.47 Å². The smallest absolute Gasteiger partial charge is 0.268 e. The summed E-state index contributed by atoms with van der Waals surface area (Å²) in [5.41, 5.74) is 1.14. The van der Waals surface area contributed by atoms with E-state index in [1.165, 1.54) is 0 Å². The molecule has 7 rings (SSSR count). The minimum Gasteiger partial charge on any atom is -0.497 e. The van der Waals surface area contributed by atoms with Gasteiger partial charge in [-0.3, -0.25) is 14.5 Å². The van der Waals surface area contributed by atoms with E-state index < -0.39 is 45.8 Å². The van der Waals surface area contributed by atoms with Gasteiger partial charge in [0.1, 0.15) is 5.75 Å². The number of hydrogen-bond donors (Lipinski definition) is 0. The molecule has 1 spiro atoms. The third kappa shape index (κ3) is 4.08. The molecule has 3 aromatic carbocycles. The average molecular weight is 601 g/mol. The third-order valence-electron chi connectivity index (χ3n) is 10.8. The van der Waals surface area contributed by atoms with Gasteiger partial charge in [-0.25, -0.2) is 12.7 Å². The summed E-state index contributed by atoms with van der Waals surface area (Å²) in [7, 11) is -2.32. The van der Waals surface area contributed by atoms with Crippen molar-refractivity contribution in [2.75, 3.05) is 12.9 Å². The van der Waals surface area contributed by atoms with E-state index in [1.807, 2.05) is 48.5 Å². The monoisotopic (exact) mass is 600 g/mol. The summed E-state index contributed by atoms with van der Waals surface area (Å²) >= 11 is 0. The van der Waals surface area contributed by atoms with Crippen LogP contribution in [0.25, 0.3) is 0 Å². The molecule has 0 aromatic heterocycles. The highest BCUT2D eigenvalue weighted by Crippen LogP contribution is 2.70. The Balaban J connectivity index is 1.35. The van der Waals surface area contributed by atoms with Crippen LogP contribution in [0.1, 0.15) is 66.9 Å². The van der Waals surface area contributed by atoms with Crippen LogP contribution in [0.5, 0.6) is 5.75 Å². The highest BCUT2D eigenvalue weighted by atomic mass is 32.2. The van der Waals surface area contributed by atoms with Crippen molar-refractivity contribution >= 4 is 21.8 Å². The minimum absolute atomic E-state index is 0.0306. The van der Waals surface area contributed by atoms with Crippen molar-refractivity contribution in [3.63, 3.8) is 0 Å². The van der Waals surface area contributed by atoms with Gasteiger partial charge in [-0.2, -0.15) is 0 Å². The molecule has 8 nitrogen and oxygen atoms in total. The molecule has 2 aliphatic heterocycles. The van der Waals surface area contributed by atoms with E-state index in [0.717, 1.165) is 17.1 Å². The first-order chi connectivity index (χ1) is 20.6. The van der Waals surface area contributed by atoms with Gasteiger partial charge in [-0.1, -0.05) is 74.5 Å². The quantitative estimate of drug-likeness (QED) is 0.393. The fraction of sp³-hybridized carbons (Fsp3) is 0.412. The molecule has 2 amide bonds. The Bertz CT molecular complexity index is 1660. The molecule has 6 atom stereocenters. The number of ether oxygens (including phenoxy) is 2. The van der Waals surface area contributed by atoms with Gasteiger partial charge in [0.25, 0.3) is 11.8 Å². The summed E-state index contributed by atoms with van der Waals surface area (Å²) in [5, 5.41) is 0. The lowest BCUT2D eigenvalue weighted by molar-refractivity contribution is -0.141. The van der Waals surface area contributed by atoms with E-state index in [0.29, 0.717) is 34.8 Å². The molecule has 2 heterocycles. The molecule has 2 bridgehead atoms. The maximum atomic E-state index is 14.7. The second-order valence-electron chi connectivity index (χ2n) is 12.9. The van der Waals surface area contributed by atoms with Gasteiger partial charge in [0.15, 0.2) is 12.3 Å². The fourth-order valence-corrected chi connectivity index (χ4v) is 11.0. The molecule has 43 heavy (non-hydrogen) atoms. The van der Waals surface area contributed by atoms with Crippen LogP contribution in [0.3, 0.4) is 0 Å². The van der Waals surface area contributed by atoms with Crippen LogP contribution < -0.4 is 4.74 Å². The van der Waals surface area contributed by atoms with Crippen LogP contribution in [0, 0.1) is 16.7 Å². The molecule has 4 aliphatic rings. The molecule has 0 radical (unpaired) electrons. The largest absolute Gasteiger partial charge is 0.497 e. The van der Waals surface area contributed by atoms with Crippen LogP contribution >= 0.6 is 0 Å². The van der Waals surface area contributed by atoms with Crippen molar-refractivity contribution in [3.05, 3.63) is 102 Å². The van der Waals surface area contributed by atoms with E-state index in [9.17, 15) is 18.0 Å². The molecule has 4 fully saturated rings. The number of sulfonamides is 1. The fourth-order valence-electron chi connectivity index (χ4n) is 8.42. The maximum Gasteiger partial charge on any atom is 0.268 e. The molecule has 2 saturated carbocycles. The first kappa shape index (κ1) is 28.1. The van der Waals surface area contributed by atoms with Crippen molar-refractivity contribution in [2.45, 2.75) is 57.5 Å². The number of hydrogen-bond acceptors (Lipinski definition) is 6. The third-order valence-corrected chi connectivity index (χ3v) is 12.7. The van der Waals surface area contributed by atoms with E-state index in [1.54, 1.807) is 48.4 Å². The summed E-state index contributed by atoms with van der Waals surface area (Å²) < 4.78 is 40.9. The van der Waals surface area contributed by atoms with E-state index in [4.69, 9.17) is 9.47 Å². The molecule has 224 valence electrons. The maximum absolute atomic E-state index is 14.7. The van der Waals surface area contributed by atoms with Crippen LogP contribution in [-0.4, -0.2) is 54.4 Å². The highest BCUT2D eigenvalue weighted by molar-refractivity contribution is 7.90. The Hall–Kier alpha value is -3.69. The summed E-state index contributed by atoms with van der Waals surface area (Å²) in [4.78, 5) is 30.6. The summed E-state index contributed by atoms with van der Waals surface area (Å²) in [5.74, 6) is 0.0635. The highest BCUT2D eigenvalue weighted by Gasteiger charge is 2.73. The lowest BCUT2D eigenvalue weighted by atomic mass is 9.69. The van der Waals surface area contributed by atoms with Gasteiger partial charge in [0.05, 0.1) is 24.9 Å². The molecular formula is C34H36N2O6S. The topological polar surface area (TPSA) is 93.2 Å². The number of methoxy groups -OCH3 is 1. The number of rotatable bonds is 5. The van der Waals surface area contributed by atoms with Gasteiger partial charge >= 0.3 is 0 Å². The number of nitrogens with zero attached hydrogens (tertiary/aromatic N) is 2. The first-order valence-electron chi connectivity index (χ1n) is 14.9. The van der Waals surface area contributed by atoms with E-state index in [-0.39, 0.29) is 17.1 Å². The second-order valence-corrected chi connectivity index (χ2v) is 14.7. The molecule has 0 unspecified atom stereocenters. The molecular weight excluding hydrogens is 564 g/mol. The molecule has 9 heteroatoms. The van der Waals surface area contributed by atoms with Crippen LogP contribution in [-0.2, 0) is 19.6 Å². The predicted molar refractivity (Wildman–Crippen MR) is 160 cm³/mol. The van der Waals surface area contributed by atoms with Gasteiger partial charge in [0, 0.05) is 16.5 Å². The summed E-state index contributed by atoms with van der Waals surface area (Å²) in [6, 6.07) is 24.1. The van der Waals surface area contributed by atoms with Crippen molar-refractivity contribution in [1.29, 1.82) is 0 Å². The van der Waals surface area contributed by atoms with Gasteiger partial charge in [-0.05, 0) is 60.4 Å². The Morgan fingerprint density at radius 3 is 2.19 bits per heavy atom.